The Labute approximate surface area is 127 Å². The van der Waals surface area contributed by atoms with Gasteiger partial charge in [0.05, 0.1) is 22.9 Å². The van der Waals surface area contributed by atoms with Crippen molar-refractivity contribution in [2.24, 2.45) is 0 Å². The van der Waals surface area contributed by atoms with Crippen LogP contribution < -0.4 is 9.64 Å². The molecular formula is C16H14ClNO3. The molecule has 4 nitrogen and oxygen atoms in total. The van der Waals surface area contributed by atoms with Crippen LogP contribution in [0, 0.1) is 0 Å². The van der Waals surface area contributed by atoms with Gasteiger partial charge in [-0.05, 0) is 36.8 Å². The van der Waals surface area contributed by atoms with Gasteiger partial charge in [0, 0.05) is 12.2 Å². The number of halogens is 1. The molecule has 5 heteroatoms. The van der Waals surface area contributed by atoms with Crippen molar-refractivity contribution in [2.45, 2.75) is 6.42 Å². The maximum atomic E-state index is 11.0. The van der Waals surface area contributed by atoms with Gasteiger partial charge in [-0.25, -0.2) is 4.79 Å². The number of nitrogens with zero attached hydrogens (tertiary/aromatic N) is 1. The van der Waals surface area contributed by atoms with Gasteiger partial charge in [0.1, 0.15) is 5.75 Å². The first kappa shape index (κ1) is 13.8. The van der Waals surface area contributed by atoms with Crippen LogP contribution in [-0.4, -0.2) is 24.2 Å². The summed E-state index contributed by atoms with van der Waals surface area (Å²) in [5, 5.41) is 9.29. The first-order valence-corrected chi connectivity index (χ1v) is 7.07. The van der Waals surface area contributed by atoms with Gasteiger partial charge in [0.25, 0.3) is 0 Å². The fraction of sp³-hybridized carbons (Fsp3) is 0.188. The lowest BCUT2D eigenvalue weighted by Gasteiger charge is -2.24. The third-order valence-corrected chi connectivity index (χ3v) is 3.75. The lowest BCUT2D eigenvalue weighted by molar-refractivity contribution is 0.0697. The van der Waals surface area contributed by atoms with Gasteiger partial charge >= 0.3 is 5.97 Å². The van der Waals surface area contributed by atoms with Gasteiger partial charge < -0.3 is 14.7 Å². The van der Waals surface area contributed by atoms with Crippen LogP contribution in [0.4, 0.5) is 11.4 Å². The summed E-state index contributed by atoms with van der Waals surface area (Å²) >= 11 is 6.07. The minimum atomic E-state index is -1.02. The monoisotopic (exact) mass is 303 g/mol. The van der Waals surface area contributed by atoms with Crippen molar-refractivity contribution < 1.29 is 14.6 Å². The Hall–Kier alpha value is -2.20. The van der Waals surface area contributed by atoms with Crippen molar-refractivity contribution in [2.75, 3.05) is 18.1 Å². The van der Waals surface area contributed by atoms with Gasteiger partial charge in [0.2, 0.25) is 0 Å². The zero-order valence-electron chi connectivity index (χ0n) is 11.3. The maximum Gasteiger partial charge on any atom is 0.337 e. The van der Waals surface area contributed by atoms with Crippen LogP contribution in [0.1, 0.15) is 16.8 Å². The Bertz CT molecular complexity index is 687. The van der Waals surface area contributed by atoms with Crippen LogP contribution in [-0.2, 0) is 0 Å². The first-order valence-electron chi connectivity index (χ1n) is 6.69. The number of fused-ring (bicyclic) bond motifs is 1. The van der Waals surface area contributed by atoms with E-state index < -0.39 is 5.97 Å². The number of carboxylic acid groups (broad SMARTS) is 1. The molecule has 0 aliphatic carbocycles. The Morgan fingerprint density at radius 1 is 1.24 bits per heavy atom. The number of carbonyl (C=O) groups is 1. The Kier molecular flexibility index (Phi) is 3.71. The van der Waals surface area contributed by atoms with E-state index in [0.717, 1.165) is 30.1 Å². The molecule has 2 aromatic carbocycles. The zero-order chi connectivity index (χ0) is 14.8. The van der Waals surface area contributed by atoms with Crippen LogP contribution in [0.5, 0.6) is 5.75 Å². The highest BCUT2D eigenvalue weighted by Crippen LogP contribution is 2.37. The highest BCUT2D eigenvalue weighted by atomic mass is 35.5. The fourth-order valence-corrected chi connectivity index (χ4v) is 2.70. The second kappa shape index (κ2) is 5.66. The van der Waals surface area contributed by atoms with Crippen LogP contribution in [0.15, 0.2) is 42.5 Å². The molecule has 2 aromatic rings. The molecule has 1 heterocycles. The van der Waals surface area contributed by atoms with E-state index in [2.05, 4.69) is 4.90 Å². The smallest absolute Gasteiger partial charge is 0.337 e. The average Bonchev–Trinajstić information content (AvgIpc) is 2.69. The van der Waals surface area contributed by atoms with Crippen molar-refractivity contribution in [1.82, 2.24) is 0 Å². The van der Waals surface area contributed by atoms with E-state index in [1.54, 1.807) is 12.1 Å². The molecule has 0 radical (unpaired) electrons. The molecule has 3 rings (SSSR count). The summed E-state index contributed by atoms with van der Waals surface area (Å²) in [5.74, 6) is -0.195. The number of carboxylic acids is 1. The summed E-state index contributed by atoms with van der Waals surface area (Å²) in [4.78, 5) is 13.1. The number of ether oxygens (including phenoxy) is 1. The number of hydrogen-bond acceptors (Lipinski definition) is 3. The van der Waals surface area contributed by atoms with E-state index in [4.69, 9.17) is 21.4 Å². The topological polar surface area (TPSA) is 49.8 Å². The second-order valence-corrected chi connectivity index (χ2v) is 5.20. The maximum absolute atomic E-state index is 11.0. The lowest BCUT2D eigenvalue weighted by atomic mass is 10.1. The third kappa shape index (κ3) is 2.67. The number of aromatic carboxylic acids is 1. The summed E-state index contributed by atoms with van der Waals surface area (Å²) < 4.78 is 5.72. The largest absolute Gasteiger partial charge is 0.491 e. The van der Waals surface area contributed by atoms with Crippen molar-refractivity contribution in [1.29, 1.82) is 0 Å². The molecule has 108 valence electrons. The zero-order valence-corrected chi connectivity index (χ0v) is 12.0. The van der Waals surface area contributed by atoms with Gasteiger partial charge in [-0.15, -0.1) is 0 Å². The molecule has 0 amide bonds. The number of benzene rings is 2. The summed E-state index contributed by atoms with van der Waals surface area (Å²) in [5.41, 5.74) is 1.94. The van der Waals surface area contributed by atoms with E-state index in [1.165, 1.54) is 6.07 Å². The van der Waals surface area contributed by atoms with Gasteiger partial charge in [-0.1, -0.05) is 23.7 Å². The van der Waals surface area contributed by atoms with E-state index in [9.17, 15) is 4.79 Å². The van der Waals surface area contributed by atoms with Crippen LogP contribution in [0.2, 0.25) is 5.02 Å². The molecule has 21 heavy (non-hydrogen) atoms. The summed E-state index contributed by atoms with van der Waals surface area (Å²) in [6.45, 7) is 1.45. The molecule has 0 spiro atoms. The van der Waals surface area contributed by atoms with E-state index in [1.807, 2.05) is 24.3 Å². The van der Waals surface area contributed by atoms with E-state index in [-0.39, 0.29) is 10.6 Å². The van der Waals surface area contributed by atoms with Crippen molar-refractivity contribution in [3.63, 3.8) is 0 Å². The molecule has 1 N–H and O–H groups in total. The highest BCUT2D eigenvalue weighted by Gasteiger charge is 2.19. The Balaban J connectivity index is 2.04. The lowest BCUT2D eigenvalue weighted by Crippen LogP contribution is -2.17. The molecule has 1 aliphatic heterocycles. The van der Waals surface area contributed by atoms with Crippen LogP contribution in [0.25, 0.3) is 0 Å². The minimum Gasteiger partial charge on any atom is -0.491 e. The number of para-hydroxylation sites is 2. The molecule has 0 unspecified atom stereocenters. The number of anilines is 2. The average molecular weight is 304 g/mol. The summed E-state index contributed by atoms with van der Waals surface area (Å²) in [7, 11) is 0. The van der Waals surface area contributed by atoms with Gasteiger partial charge in [-0.2, -0.15) is 0 Å². The molecular weight excluding hydrogens is 290 g/mol. The predicted octanol–water partition coefficient (Wildman–Crippen LogP) is 3.96. The number of rotatable bonds is 2. The minimum absolute atomic E-state index is 0.111. The molecule has 0 atom stereocenters. The molecule has 1 aliphatic rings. The van der Waals surface area contributed by atoms with Gasteiger partial charge in [-0.3, -0.25) is 0 Å². The van der Waals surface area contributed by atoms with E-state index >= 15 is 0 Å². The summed E-state index contributed by atoms with van der Waals surface area (Å²) in [6.07, 6.45) is 0.882. The SMILES string of the molecule is O=C(O)c1ccc(N2CCCOc3ccccc32)cc1Cl. The Morgan fingerprint density at radius 2 is 2.05 bits per heavy atom. The van der Waals surface area contributed by atoms with E-state index in [0.29, 0.717) is 6.61 Å². The Morgan fingerprint density at radius 3 is 2.81 bits per heavy atom. The van der Waals surface area contributed by atoms with Crippen molar-refractivity contribution >= 4 is 28.9 Å². The molecule has 0 bridgehead atoms. The first-order chi connectivity index (χ1) is 10.2. The van der Waals surface area contributed by atoms with Crippen LogP contribution >= 0.6 is 11.6 Å². The normalized spacial score (nSPS) is 14.0. The quantitative estimate of drug-likeness (QED) is 0.912. The van der Waals surface area contributed by atoms with Crippen LogP contribution in [0.3, 0.4) is 0 Å². The molecule has 0 saturated carbocycles. The summed E-state index contributed by atoms with van der Waals surface area (Å²) in [6, 6.07) is 12.8. The van der Waals surface area contributed by atoms with Gasteiger partial charge in [0.15, 0.2) is 0 Å². The predicted molar refractivity (Wildman–Crippen MR) is 82.0 cm³/mol. The number of hydrogen-bond donors (Lipinski definition) is 1. The highest BCUT2D eigenvalue weighted by molar-refractivity contribution is 6.33. The molecule has 0 aromatic heterocycles. The standard InChI is InChI=1S/C16H14ClNO3/c17-13-10-11(6-7-12(13)16(19)20)18-8-3-9-21-15-5-2-1-4-14(15)18/h1-2,4-7,10H,3,8-9H2,(H,19,20). The second-order valence-electron chi connectivity index (χ2n) is 4.79. The van der Waals surface area contributed by atoms with Crippen molar-refractivity contribution in [3.8, 4) is 5.75 Å². The molecule has 0 saturated heterocycles. The fourth-order valence-electron chi connectivity index (χ4n) is 2.44. The van der Waals surface area contributed by atoms with Crippen molar-refractivity contribution in [3.05, 3.63) is 53.1 Å². The third-order valence-electron chi connectivity index (χ3n) is 3.43. The molecule has 0 fully saturated rings.